The minimum atomic E-state index is -0.496. The molecule has 104 valence electrons. The molecule has 0 aliphatic carbocycles. The number of halogens is 1. The topological polar surface area (TPSA) is 40.5 Å². The van der Waals surface area contributed by atoms with E-state index in [9.17, 15) is 14.3 Å². The highest BCUT2D eigenvalue weighted by Gasteiger charge is 2.26. The number of aromatic hydroxyl groups is 1. The summed E-state index contributed by atoms with van der Waals surface area (Å²) in [6, 6.07) is 3.71. The van der Waals surface area contributed by atoms with E-state index in [1.165, 1.54) is 6.07 Å². The monoisotopic (exact) mass is 265 g/mol. The second-order valence-corrected chi connectivity index (χ2v) is 5.07. The lowest BCUT2D eigenvalue weighted by Gasteiger charge is -2.29. The molecule has 0 aromatic heterocycles. The first-order chi connectivity index (χ1) is 9.13. The summed E-state index contributed by atoms with van der Waals surface area (Å²) >= 11 is 0. The molecule has 1 aromatic carbocycles. The van der Waals surface area contributed by atoms with Gasteiger partial charge >= 0.3 is 0 Å². The standard InChI is InChI=1S/C15H20FNO2/c1-2-12-6-4-3-5-9-17(12)15(19)13-10-11(16)7-8-14(13)18/h7-8,10,12,18H,2-6,9H2,1H3. The van der Waals surface area contributed by atoms with E-state index in [-0.39, 0.29) is 23.3 Å². The van der Waals surface area contributed by atoms with Gasteiger partial charge in [0.1, 0.15) is 11.6 Å². The van der Waals surface area contributed by atoms with E-state index < -0.39 is 5.82 Å². The molecule has 1 atom stereocenters. The third kappa shape index (κ3) is 3.06. The fraction of sp³-hybridized carbons (Fsp3) is 0.533. The largest absolute Gasteiger partial charge is 0.507 e. The van der Waals surface area contributed by atoms with Gasteiger partial charge in [0.2, 0.25) is 0 Å². The highest BCUT2D eigenvalue weighted by molar-refractivity contribution is 5.97. The van der Waals surface area contributed by atoms with E-state index >= 15 is 0 Å². The first kappa shape index (κ1) is 13.8. The number of carbonyl (C=O) groups excluding carboxylic acids is 1. The van der Waals surface area contributed by atoms with Gasteiger partial charge in [-0.3, -0.25) is 4.79 Å². The molecule has 1 aromatic rings. The quantitative estimate of drug-likeness (QED) is 0.891. The van der Waals surface area contributed by atoms with Crippen molar-refractivity contribution in [1.29, 1.82) is 0 Å². The number of rotatable bonds is 2. The Morgan fingerprint density at radius 2 is 2.21 bits per heavy atom. The highest BCUT2D eigenvalue weighted by Crippen LogP contribution is 2.25. The van der Waals surface area contributed by atoms with Crippen LogP contribution < -0.4 is 0 Å². The number of amides is 1. The van der Waals surface area contributed by atoms with Gasteiger partial charge < -0.3 is 10.0 Å². The van der Waals surface area contributed by atoms with Crippen LogP contribution in [0.5, 0.6) is 5.75 Å². The van der Waals surface area contributed by atoms with Crippen molar-refractivity contribution in [3.8, 4) is 5.75 Å². The number of carbonyl (C=O) groups is 1. The van der Waals surface area contributed by atoms with Gasteiger partial charge in [0.15, 0.2) is 0 Å². The zero-order chi connectivity index (χ0) is 13.8. The lowest BCUT2D eigenvalue weighted by molar-refractivity contribution is 0.0674. The molecule has 1 amide bonds. The average molecular weight is 265 g/mol. The number of likely N-dealkylation sites (tertiary alicyclic amines) is 1. The van der Waals surface area contributed by atoms with Crippen LogP contribution in [0.1, 0.15) is 49.4 Å². The molecule has 19 heavy (non-hydrogen) atoms. The van der Waals surface area contributed by atoms with Gasteiger partial charge in [0, 0.05) is 12.6 Å². The van der Waals surface area contributed by atoms with Crippen molar-refractivity contribution in [2.24, 2.45) is 0 Å². The Hall–Kier alpha value is -1.58. The fourth-order valence-corrected chi connectivity index (χ4v) is 2.70. The van der Waals surface area contributed by atoms with Crippen LogP contribution >= 0.6 is 0 Å². The Morgan fingerprint density at radius 3 is 2.95 bits per heavy atom. The van der Waals surface area contributed by atoms with Crippen LogP contribution in [-0.4, -0.2) is 28.5 Å². The SMILES string of the molecule is CCC1CCCCCN1C(=O)c1cc(F)ccc1O. The molecule has 1 aliphatic rings. The molecule has 1 N–H and O–H groups in total. The second-order valence-electron chi connectivity index (χ2n) is 5.07. The first-order valence-electron chi connectivity index (χ1n) is 6.93. The minimum absolute atomic E-state index is 0.0698. The Morgan fingerprint density at radius 1 is 1.42 bits per heavy atom. The lowest BCUT2D eigenvalue weighted by Crippen LogP contribution is -2.39. The smallest absolute Gasteiger partial charge is 0.257 e. The van der Waals surface area contributed by atoms with E-state index in [2.05, 4.69) is 6.92 Å². The number of phenolic OH excluding ortho intramolecular Hbond substituents is 1. The van der Waals surface area contributed by atoms with Crippen molar-refractivity contribution in [2.45, 2.75) is 45.1 Å². The predicted molar refractivity (Wildman–Crippen MR) is 71.6 cm³/mol. The molecular weight excluding hydrogens is 245 g/mol. The van der Waals surface area contributed by atoms with Crippen molar-refractivity contribution in [2.75, 3.05) is 6.54 Å². The Bertz CT molecular complexity index is 461. The molecule has 2 rings (SSSR count). The molecule has 0 spiro atoms. The highest BCUT2D eigenvalue weighted by atomic mass is 19.1. The zero-order valence-electron chi connectivity index (χ0n) is 11.2. The molecule has 1 fully saturated rings. The maximum atomic E-state index is 13.3. The third-order valence-corrected chi connectivity index (χ3v) is 3.80. The van der Waals surface area contributed by atoms with Gasteiger partial charge in [-0.25, -0.2) is 4.39 Å². The van der Waals surface area contributed by atoms with Gasteiger partial charge in [-0.1, -0.05) is 19.8 Å². The number of benzene rings is 1. The summed E-state index contributed by atoms with van der Waals surface area (Å²) in [5, 5.41) is 9.75. The molecule has 0 bridgehead atoms. The van der Waals surface area contributed by atoms with E-state index in [0.717, 1.165) is 44.2 Å². The lowest BCUT2D eigenvalue weighted by atomic mass is 10.1. The van der Waals surface area contributed by atoms with Crippen LogP contribution in [0.3, 0.4) is 0 Å². The van der Waals surface area contributed by atoms with Crippen LogP contribution in [0.25, 0.3) is 0 Å². The third-order valence-electron chi connectivity index (χ3n) is 3.80. The van der Waals surface area contributed by atoms with Gasteiger partial charge in [-0.05, 0) is 37.5 Å². The first-order valence-corrected chi connectivity index (χ1v) is 6.93. The van der Waals surface area contributed by atoms with Crippen LogP contribution in [0.2, 0.25) is 0 Å². The number of hydrogen-bond donors (Lipinski definition) is 1. The van der Waals surface area contributed by atoms with Crippen molar-refractivity contribution >= 4 is 5.91 Å². The molecular formula is C15H20FNO2. The van der Waals surface area contributed by atoms with Crippen LogP contribution in [0.4, 0.5) is 4.39 Å². The molecule has 3 nitrogen and oxygen atoms in total. The summed E-state index contributed by atoms with van der Waals surface area (Å²) < 4.78 is 13.3. The van der Waals surface area contributed by atoms with Gasteiger partial charge in [0.05, 0.1) is 5.56 Å². The second kappa shape index (κ2) is 6.04. The molecule has 4 heteroatoms. The van der Waals surface area contributed by atoms with E-state index in [1.54, 1.807) is 4.90 Å². The fourth-order valence-electron chi connectivity index (χ4n) is 2.70. The number of hydrogen-bond acceptors (Lipinski definition) is 2. The van der Waals surface area contributed by atoms with Crippen molar-refractivity contribution in [3.63, 3.8) is 0 Å². The van der Waals surface area contributed by atoms with Crippen molar-refractivity contribution in [1.82, 2.24) is 4.90 Å². The average Bonchev–Trinajstić information content (AvgIpc) is 2.65. The normalized spacial score (nSPS) is 20.1. The zero-order valence-corrected chi connectivity index (χ0v) is 11.2. The number of phenols is 1. The van der Waals surface area contributed by atoms with Crippen LogP contribution in [0.15, 0.2) is 18.2 Å². The summed E-state index contributed by atoms with van der Waals surface area (Å²) in [7, 11) is 0. The van der Waals surface area contributed by atoms with E-state index in [4.69, 9.17) is 0 Å². The van der Waals surface area contributed by atoms with Crippen LogP contribution in [0, 0.1) is 5.82 Å². The minimum Gasteiger partial charge on any atom is -0.507 e. The van der Waals surface area contributed by atoms with Crippen LogP contribution in [-0.2, 0) is 0 Å². The van der Waals surface area contributed by atoms with Crippen molar-refractivity contribution < 1.29 is 14.3 Å². The van der Waals surface area contributed by atoms with Gasteiger partial charge in [0.25, 0.3) is 5.91 Å². The summed E-state index contributed by atoms with van der Waals surface area (Å²) in [5.74, 6) is -0.903. The summed E-state index contributed by atoms with van der Waals surface area (Å²) in [4.78, 5) is 14.3. The summed E-state index contributed by atoms with van der Waals surface area (Å²) in [6.07, 6.45) is 5.09. The maximum absolute atomic E-state index is 13.3. The Labute approximate surface area is 113 Å². The molecule has 0 radical (unpaired) electrons. The predicted octanol–water partition coefficient (Wildman–Crippen LogP) is 3.33. The maximum Gasteiger partial charge on any atom is 0.257 e. The molecule has 1 saturated heterocycles. The van der Waals surface area contributed by atoms with E-state index in [0.29, 0.717) is 6.54 Å². The Kier molecular flexibility index (Phi) is 4.40. The van der Waals surface area contributed by atoms with Crippen molar-refractivity contribution in [3.05, 3.63) is 29.6 Å². The van der Waals surface area contributed by atoms with E-state index in [1.807, 2.05) is 0 Å². The summed E-state index contributed by atoms with van der Waals surface area (Å²) in [6.45, 7) is 2.75. The molecule has 0 saturated carbocycles. The molecule has 1 heterocycles. The summed E-state index contributed by atoms with van der Waals surface area (Å²) in [5.41, 5.74) is 0.0698. The molecule has 1 unspecified atom stereocenters. The van der Waals surface area contributed by atoms with Gasteiger partial charge in [-0.2, -0.15) is 0 Å². The van der Waals surface area contributed by atoms with Gasteiger partial charge in [-0.15, -0.1) is 0 Å². The molecule has 1 aliphatic heterocycles. The Balaban J connectivity index is 2.27. The number of nitrogens with zero attached hydrogens (tertiary/aromatic N) is 1.